The van der Waals surface area contributed by atoms with E-state index in [-0.39, 0.29) is 11.3 Å². The highest BCUT2D eigenvalue weighted by atomic mass is 16.3. The molecular weight excluding hydrogens is 252 g/mol. The van der Waals surface area contributed by atoms with Crippen LogP contribution in [0, 0.1) is 0 Å². The maximum absolute atomic E-state index is 9.63. The number of nitrogens with one attached hydrogen (secondary N) is 1. The number of phenolic OH excluding ortho intramolecular Hbond substituents is 1. The second kappa shape index (κ2) is 5.31. The monoisotopic (exact) mass is 272 g/mol. The Labute approximate surface area is 119 Å². The maximum Gasteiger partial charge on any atom is 0.115 e. The average Bonchev–Trinajstić information content (AvgIpc) is 2.50. The van der Waals surface area contributed by atoms with Crippen LogP contribution in [0.25, 0.3) is 0 Å². The molecule has 4 heteroatoms. The van der Waals surface area contributed by atoms with Crippen molar-refractivity contribution < 1.29 is 10.2 Å². The molecule has 3 rings (SSSR count). The van der Waals surface area contributed by atoms with Gasteiger partial charge >= 0.3 is 0 Å². The SMILES string of the molecule is OC1=CCC(c2ccc(O)cc2)(N2CCNCC2)C=C1. The Morgan fingerprint density at radius 2 is 1.75 bits per heavy atom. The van der Waals surface area contributed by atoms with Crippen molar-refractivity contribution in [2.24, 2.45) is 0 Å². The van der Waals surface area contributed by atoms with Gasteiger partial charge in [-0.05, 0) is 36.3 Å². The fraction of sp³-hybridized carbons (Fsp3) is 0.375. The van der Waals surface area contributed by atoms with Gasteiger partial charge in [-0.15, -0.1) is 0 Å². The molecule has 106 valence electrons. The minimum absolute atomic E-state index is 0.220. The molecule has 2 aliphatic rings. The van der Waals surface area contributed by atoms with Gasteiger partial charge in [0.15, 0.2) is 0 Å². The molecule has 1 atom stereocenters. The van der Waals surface area contributed by atoms with E-state index >= 15 is 0 Å². The normalized spacial score (nSPS) is 27.3. The van der Waals surface area contributed by atoms with Crippen molar-refractivity contribution >= 4 is 0 Å². The Kier molecular flexibility index (Phi) is 3.51. The number of piperazine rings is 1. The fourth-order valence-electron chi connectivity index (χ4n) is 3.06. The Hall–Kier alpha value is -1.78. The van der Waals surface area contributed by atoms with Crippen molar-refractivity contribution in [2.45, 2.75) is 12.0 Å². The molecule has 0 bridgehead atoms. The third kappa shape index (κ3) is 2.32. The molecule has 0 saturated carbocycles. The summed E-state index contributed by atoms with van der Waals surface area (Å²) in [5.41, 5.74) is 0.930. The molecule has 1 fully saturated rings. The third-order valence-corrected chi connectivity index (χ3v) is 4.20. The van der Waals surface area contributed by atoms with E-state index in [1.807, 2.05) is 18.2 Å². The van der Waals surface area contributed by atoms with Crippen LogP contribution < -0.4 is 5.32 Å². The van der Waals surface area contributed by atoms with E-state index in [9.17, 15) is 10.2 Å². The lowest BCUT2D eigenvalue weighted by molar-refractivity contribution is 0.110. The van der Waals surface area contributed by atoms with Crippen LogP contribution in [0.1, 0.15) is 12.0 Å². The van der Waals surface area contributed by atoms with Gasteiger partial charge in [-0.1, -0.05) is 18.2 Å². The first-order chi connectivity index (χ1) is 9.71. The van der Waals surface area contributed by atoms with E-state index in [0.29, 0.717) is 5.76 Å². The van der Waals surface area contributed by atoms with Crippen LogP contribution in [0.3, 0.4) is 0 Å². The fourth-order valence-corrected chi connectivity index (χ4v) is 3.06. The zero-order chi connectivity index (χ0) is 14.0. The van der Waals surface area contributed by atoms with Crippen LogP contribution in [0.2, 0.25) is 0 Å². The van der Waals surface area contributed by atoms with E-state index in [1.54, 1.807) is 18.2 Å². The van der Waals surface area contributed by atoms with Gasteiger partial charge in [-0.3, -0.25) is 4.90 Å². The van der Waals surface area contributed by atoms with Crippen LogP contribution >= 0.6 is 0 Å². The molecule has 1 aromatic rings. The molecule has 1 aromatic carbocycles. The van der Waals surface area contributed by atoms with Crippen molar-refractivity contribution in [3.05, 3.63) is 53.8 Å². The summed E-state index contributed by atoms with van der Waals surface area (Å²) in [6, 6.07) is 7.40. The number of allylic oxidation sites excluding steroid dienone is 1. The molecule has 1 saturated heterocycles. The predicted octanol–water partition coefficient (Wildman–Crippen LogP) is 1.89. The highest BCUT2D eigenvalue weighted by Gasteiger charge is 2.37. The quantitative estimate of drug-likeness (QED) is 0.769. The van der Waals surface area contributed by atoms with Gasteiger partial charge in [0.1, 0.15) is 11.5 Å². The first-order valence-electron chi connectivity index (χ1n) is 7.04. The summed E-state index contributed by atoms with van der Waals surface area (Å²) in [7, 11) is 0. The van der Waals surface area contributed by atoms with Gasteiger partial charge in [0.2, 0.25) is 0 Å². The molecule has 0 spiro atoms. The topological polar surface area (TPSA) is 55.7 Å². The van der Waals surface area contributed by atoms with Crippen molar-refractivity contribution in [3.8, 4) is 5.75 Å². The number of benzene rings is 1. The Morgan fingerprint density at radius 3 is 2.35 bits per heavy atom. The molecule has 0 aromatic heterocycles. The first kappa shape index (κ1) is 13.2. The standard InChI is InChI=1S/C16H20N2O2/c19-14-3-1-13(2-4-14)16(7-5-15(20)6-8-16)18-11-9-17-10-12-18/h1-7,17,19-20H,8-12H2. The molecule has 1 aliphatic heterocycles. The smallest absolute Gasteiger partial charge is 0.115 e. The number of aromatic hydroxyl groups is 1. The van der Waals surface area contributed by atoms with E-state index in [0.717, 1.165) is 38.2 Å². The van der Waals surface area contributed by atoms with Crippen molar-refractivity contribution in [3.63, 3.8) is 0 Å². The first-order valence-corrected chi connectivity index (χ1v) is 7.04. The average molecular weight is 272 g/mol. The summed E-state index contributed by atoms with van der Waals surface area (Å²) >= 11 is 0. The summed E-state index contributed by atoms with van der Waals surface area (Å²) in [4.78, 5) is 2.44. The molecular formula is C16H20N2O2. The number of aliphatic hydroxyl groups is 1. The molecule has 4 nitrogen and oxygen atoms in total. The van der Waals surface area contributed by atoms with Gasteiger partial charge in [0.25, 0.3) is 0 Å². The number of hydrogen-bond donors (Lipinski definition) is 3. The van der Waals surface area contributed by atoms with Crippen LogP contribution in [-0.4, -0.2) is 41.3 Å². The van der Waals surface area contributed by atoms with Crippen molar-refractivity contribution in [2.75, 3.05) is 26.2 Å². The highest BCUT2D eigenvalue weighted by Crippen LogP contribution is 2.38. The maximum atomic E-state index is 9.63. The molecule has 3 N–H and O–H groups in total. The van der Waals surface area contributed by atoms with Crippen LogP contribution in [0.5, 0.6) is 5.75 Å². The van der Waals surface area contributed by atoms with E-state index in [1.165, 1.54) is 0 Å². The zero-order valence-corrected chi connectivity index (χ0v) is 11.4. The van der Waals surface area contributed by atoms with Gasteiger partial charge < -0.3 is 15.5 Å². The lowest BCUT2D eigenvalue weighted by atomic mass is 9.81. The highest BCUT2D eigenvalue weighted by molar-refractivity contribution is 5.39. The van der Waals surface area contributed by atoms with Gasteiger partial charge in [-0.2, -0.15) is 0 Å². The molecule has 1 unspecified atom stereocenters. The number of hydrogen-bond acceptors (Lipinski definition) is 4. The molecule has 0 amide bonds. The molecule has 1 heterocycles. The number of nitrogens with zero attached hydrogens (tertiary/aromatic N) is 1. The Balaban J connectivity index is 1.99. The summed E-state index contributed by atoms with van der Waals surface area (Å²) in [6.45, 7) is 3.90. The van der Waals surface area contributed by atoms with Crippen LogP contribution in [0.15, 0.2) is 48.3 Å². The van der Waals surface area contributed by atoms with E-state index < -0.39 is 0 Å². The summed E-state index contributed by atoms with van der Waals surface area (Å²) in [6.07, 6.45) is 6.48. The number of aliphatic hydroxyl groups excluding tert-OH is 1. The molecule has 20 heavy (non-hydrogen) atoms. The van der Waals surface area contributed by atoms with Gasteiger partial charge in [0, 0.05) is 26.2 Å². The largest absolute Gasteiger partial charge is 0.508 e. The third-order valence-electron chi connectivity index (χ3n) is 4.20. The molecule has 1 aliphatic carbocycles. The summed E-state index contributed by atoms with van der Waals surface area (Å²) in [5, 5.41) is 22.5. The second-order valence-electron chi connectivity index (χ2n) is 5.37. The Bertz CT molecular complexity index is 530. The number of phenols is 1. The minimum atomic E-state index is -0.220. The summed E-state index contributed by atoms with van der Waals surface area (Å²) in [5.74, 6) is 0.608. The van der Waals surface area contributed by atoms with Crippen LogP contribution in [0.4, 0.5) is 0 Å². The second-order valence-corrected chi connectivity index (χ2v) is 5.37. The Morgan fingerprint density at radius 1 is 1.05 bits per heavy atom. The van der Waals surface area contributed by atoms with E-state index in [4.69, 9.17) is 0 Å². The van der Waals surface area contributed by atoms with E-state index in [2.05, 4.69) is 16.3 Å². The lowest BCUT2D eigenvalue weighted by Crippen LogP contribution is -2.53. The van der Waals surface area contributed by atoms with Crippen molar-refractivity contribution in [1.29, 1.82) is 0 Å². The lowest BCUT2D eigenvalue weighted by Gasteiger charge is -2.45. The predicted molar refractivity (Wildman–Crippen MR) is 78.7 cm³/mol. The minimum Gasteiger partial charge on any atom is -0.508 e. The molecule has 0 radical (unpaired) electrons. The van der Waals surface area contributed by atoms with Crippen molar-refractivity contribution in [1.82, 2.24) is 10.2 Å². The van der Waals surface area contributed by atoms with Crippen LogP contribution in [-0.2, 0) is 5.54 Å². The number of rotatable bonds is 2. The van der Waals surface area contributed by atoms with Gasteiger partial charge in [-0.25, -0.2) is 0 Å². The summed E-state index contributed by atoms with van der Waals surface area (Å²) < 4.78 is 0. The van der Waals surface area contributed by atoms with Gasteiger partial charge in [0.05, 0.1) is 5.54 Å². The zero-order valence-electron chi connectivity index (χ0n) is 11.4.